The predicted octanol–water partition coefficient (Wildman–Crippen LogP) is 3.77. The van der Waals surface area contributed by atoms with E-state index < -0.39 is 0 Å². The summed E-state index contributed by atoms with van der Waals surface area (Å²) >= 11 is 0. The molecule has 0 unspecified atom stereocenters. The third-order valence-electron chi connectivity index (χ3n) is 3.43. The minimum Gasteiger partial charge on any atom is -0.496 e. The molecule has 0 N–H and O–H groups in total. The van der Waals surface area contributed by atoms with Crippen molar-refractivity contribution in [2.24, 2.45) is 0 Å². The zero-order chi connectivity index (χ0) is 14.7. The molecule has 0 atom stereocenters. The summed E-state index contributed by atoms with van der Waals surface area (Å²) in [4.78, 5) is 11.4. The largest absolute Gasteiger partial charge is 0.496 e. The molecule has 0 saturated heterocycles. The SMILES string of the molecule is COC(=O)c1ccc(-c2cc(C)c(C)cc2OC)cc1. The summed E-state index contributed by atoms with van der Waals surface area (Å²) in [5, 5.41) is 0. The Morgan fingerprint density at radius 2 is 1.55 bits per heavy atom. The number of benzene rings is 2. The first-order valence-corrected chi connectivity index (χ1v) is 6.40. The fourth-order valence-corrected chi connectivity index (χ4v) is 2.09. The molecule has 0 aromatic heterocycles. The molecule has 0 fully saturated rings. The lowest BCUT2D eigenvalue weighted by Crippen LogP contribution is -2.00. The van der Waals surface area contributed by atoms with E-state index >= 15 is 0 Å². The van der Waals surface area contributed by atoms with Crippen LogP contribution in [0.25, 0.3) is 11.1 Å². The lowest BCUT2D eigenvalue weighted by Gasteiger charge is -2.12. The number of hydrogen-bond acceptors (Lipinski definition) is 3. The molecule has 0 radical (unpaired) electrons. The Bertz CT molecular complexity index is 627. The molecule has 0 bridgehead atoms. The summed E-state index contributed by atoms with van der Waals surface area (Å²) in [6.07, 6.45) is 0. The van der Waals surface area contributed by atoms with Gasteiger partial charge in [0.05, 0.1) is 19.8 Å². The zero-order valence-corrected chi connectivity index (χ0v) is 12.2. The van der Waals surface area contributed by atoms with Crippen molar-refractivity contribution in [1.82, 2.24) is 0 Å². The number of aryl methyl sites for hydroxylation is 2. The zero-order valence-electron chi connectivity index (χ0n) is 12.2. The van der Waals surface area contributed by atoms with E-state index in [-0.39, 0.29) is 5.97 Å². The van der Waals surface area contributed by atoms with Crippen LogP contribution in [0.4, 0.5) is 0 Å². The van der Waals surface area contributed by atoms with E-state index in [1.165, 1.54) is 18.2 Å². The number of methoxy groups -OCH3 is 2. The Hall–Kier alpha value is -2.29. The summed E-state index contributed by atoms with van der Waals surface area (Å²) in [6, 6.07) is 11.4. The second-order valence-electron chi connectivity index (χ2n) is 4.71. The number of rotatable bonds is 3. The van der Waals surface area contributed by atoms with Gasteiger partial charge in [-0.1, -0.05) is 12.1 Å². The topological polar surface area (TPSA) is 35.5 Å². The normalized spacial score (nSPS) is 10.2. The maximum absolute atomic E-state index is 11.4. The van der Waals surface area contributed by atoms with Crippen LogP contribution in [0.5, 0.6) is 5.75 Å². The Morgan fingerprint density at radius 3 is 2.10 bits per heavy atom. The Kier molecular flexibility index (Phi) is 4.08. The molecule has 0 aliphatic rings. The van der Waals surface area contributed by atoms with Gasteiger partial charge in [0.15, 0.2) is 0 Å². The van der Waals surface area contributed by atoms with Gasteiger partial charge in [-0.15, -0.1) is 0 Å². The third kappa shape index (κ3) is 2.67. The fraction of sp³-hybridized carbons (Fsp3) is 0.235. The average molecular weight is 270 g/mol. The van der Waals surface area contributed by atoms with Crippen molar-refractivity contribution in [2.75, 3.05) is 14.2 Å². The summed E-state index contributed by atoms with van der Waals surface area (Å²) < 4.78 is 10.1. The lowest BCUT2D eigenvalue weighted by atomic mass is 9.98. The summed E-state index contributed by atoms with van der Waals surface area (Å²) in [7, 11) is 3.04. The Labute approximate surface area is 119 Å². The molecule has 0 saturated carbocycles. The van der Waals surface area contributed by atoms with Crippen molar-refractivity contribution in [1.29, 1.82) is 0 Å². The Balaban J connectivity index is 2.46. The van der Waals surface area contributed by atoms with Gasteiger partial charge in [-0.2, -0.15) is 0 Å². The maximum atomic E-state index is 11.4. The van der Waals surface area contributed by atoms with Crippen LogP contribution in [-0.4, -0.2) is 20.2 Å². The van der Waals surface area contributed by atoms with E-state index in [1.54, 1.807) is 19.2 Å². The molecular weight excluding hydrogens is 252 g/mol. The van der Waals surface area contributed by atoms with Crippen molar-refractivity contribution in [3.8, 4) is 16.9 Å². The average Bonchev–Trinajstić information content (AvgIpc) is 2.49. The van der Waals surface area contributed by atoms with E-state index in [0.29, 0.717) is 5.56 Å². The van der Waals surface area contributed by atoms with Crippen molar-refractivity contribution < 1.29 is 14.3 Å². The molecule has 0 spiro atoms. The van der Waals surface area contributed by atoms with E-state index in [1.807, 2.05) is 18.2 Å². The van der Waals surface area contributed by atoms with E-state index in [9.17, 15) is 4.79 Å². The van der Waals surface area contributed by atoms with Crippen LogP contribution in [0.15, 0.2) is 36.4 Å². The van der Waals surface area contributed by atoms with Gasteiger partial charge in [0.2, 0.25) is 0 Å². The van der Waals surface area contributed by atoms with Crippen LogP contribution >= 0.6 is 0 Å². The van der Waals surface area contributed by atoms with Gasteiger partial charge in [-0.3, -0.25) is 0 Å². The highest BCUT2D eigenvalue weighted by Crippen LogP contribution is 2.32. The maximum Gasteiger partial charge on any atom is 0.337 e. The van der Waals surface area contributed by atoms with Crippen LogP contribution in [0.3, 0.4) is 0 Å². The molecule has 2 rings (SSSR count). The van der Waals surface area contributed by atoms with Crippen LogP contribution in [0, 0.1) is 13.8 Å². The molecular formula is C17H18O3. The predicted molar refractivity (Wildman–Crippen MR) is 79.2 cm³/mol. The standard InChI is InChI=1S/C17H18O3/c1-11-9-15(16(19-3)10-12(11)2)13-5-7-14(8-6-13)17(18)20-4/h5-10H,1-4H3. The molecule has 0 aliphatic carbocycles. The Morgan fingerprint density at radius 1 is 0.950 bits per heavy atom. The number of hydrogen-bond donors (Lipinski definition) is 0. The van der Waals surface area contributed by atoms with Crippen LogP contribution < -0.4 is 4.74 Å². The van der Waals surface area contributed by atoms with Crippen molar-refractivity contribution in [2.45, 2.75) is 13.8 Å². The van der Waals surface area contributed by atoms with Gasteiger partial charge >= 0.3 is 5.97 Å². The van der Waals surface area contributed by atoms with Crippen LogP contribution in [-0.2, 0) is 4.74 Å². The molecule has 0 heterocycles. The van der Waals surface area contributed by atoms with Crippen molar-refractivity contribution in [3.05, 3.63) is 53.1 Å². The van der Waals surface area contributed by atoms with E-state index in [2.05, 4.69) is 19.9 Å². The van der Waals surface area contributed by atoms with E-state index in [4.69, 9.17) is 9.47 Å². The molecule has 3 nitrogen and oxygen atoms in total. The molecule has 0 amide bonds. The minimum absolute atomic E-state index is 0.330. The van der Waals surface area contributed by atoms with Crippen molar-refractivity contribution >= 4 is 5.97 Å². The molecule has 104 valence electrons. The first-order chi connectivity index (χ1) is 9.56. The summed E-state index contributed by atoms with van der Waals surface area (Å²) in [6.45, 7) is 4.13. The van der Waals surface area contributed by atoms with Crippen LogP contribution in [0.2, 0.25) is 0 Å². The quantitative estimate of drug-likeness (QED) is 0.796. The number of carbonyl (C=O) groups is 1. The minimum atomic E-state index is -0.330. The second-order valence-corrected chi connectivity index (χ2v) is 4.71. The first-order valence-electron chi connectivity index (χ1n) is 6.40. The van der Waals surface area contributed by atoms with E-state index in [0.717, 1.165) is 16.9 Å². The number of ether oxygens (including phenoxy) is 2. The summed E-state index contributed by atoms with van der Waals surface area (Å²) in [5.41, 5.74) is 4.97. The molecule has 0 aliphatic heterocycles. The van der Waals surface area contributed by atoms with Gasteiger partial charge in [-0.05, 0) is 54.8 Å². The summed E-state index contributed by atoms with van der Waals surface area (Å²) in [5.74, 6) is 0.502. The number of carbonyl (C=O) groups excluding carboxylic acids is 1. The fourth-order valence-electron chi connectivity index (χ4n) is 2.09. The second kappa shape index (κ2) is 5.78. The smallest absolute Gasteiger partial charge is 0.337 e. The molecule has 3 heteroatoms. The first kappa shape index (κ1) is 14.1. The molecule has 2 aromatic rings. The molecule has 20 heavy (non-hydrogen) atoms. The highest BCUT2D eigenvalue weighted by Gasteiger charge is 2.10. The molecule has 2 aromatic carbocycles. The van der Waals surface area contributed by atoms with Gasteiger partial charge in [0, 0.05) is 5.56 Å². The highest BCUT2D eigenvalue weighted by atomic mass is 16.5. The lowest BCUT2D eigenvalue weighted by molar-refractivity contribution is 0.0601. The third-order valence-corrected chi connectivity index (χ3v) is 3.43. The van der Waals surface area contributed by atoms with Gasteiger partial charge in [-0.25, -0.2) is 4.79 Å². The van der Waals surface area contributed by atoms with Crippen molar-refractivity contribution in [3.63, 3.8) is 0 Å². The van der Waals surface area contributed by atoms with Crippen LogP contribution in [0.1, 0.15) is 21.5 Å². The monoisotopic (exact) mass is 270 g/mol. The highest BCUT2D eigenvalue weighted by molar-refractivity contribution is 5.90. The van der Waals surface area contributed by atoms with Gasteiger partial charge in [0.1, 0.15) is 5.75 Å². The number of esters is 1. The van der Waals surface area contributed by atoms with Gasteiger partial charge < -0.3 is 9.47 Å². The van der Waals surface area contributed by atoms with Gasteiger partial charge in [0.25, 0.3) is 0 Å².